The summed E-state index contributed by atoms with van der Waals surface area (Å²) in [5.74, 6) is 0.673. The van der Waals surface area contributed by atoms with E-state index in [1.54, 1.807) is 0 Å². The second-order valence-electron chi connectivity index (χ2n) is 8.09. The number of nitrogens with one attached hydrogen (secondary N) is 2. The van der Waals surface area contributed by atoms with E-state index in [2.05, 4.69) is 55.7 Å². The fourth-order valence-corrected chi connectivity index (χ4v) is 3.74. The number of aryl methyl sites for hydroxylation is 1. The lowest BCUT2D eigenvalue weighted by molar-refractivity contribution is -0.130. The van der Waals surface area contributed by atoms with Crippen molar-refractivity contribution in [1.82, 2.24) is 15.5 Å². The number of carbonyl (C=O) groups is 2. The molecule has 1 aromatic rings. The highest BCUT2D eigenvalue weighted by Gasteiger charge is 2.17. The maximum Gasteiger partial charge on any atom is 0.233 e. The number of carbonyl (C=O) groups excluding carboxylic acids is 2. The molecule has 28 heavy (non-hydrogen) atoms. The predicted octanol–water partition coefficient (Wildman–Crippen LogP) is 3.44. The molecule has 2 rings (SSSR count). The predicted molar refractivity (Wildman–Crippen MR) is 114 cm³/mol. The summed E-state index contributed by atoms with van der Waals surface area (Å²) in [6.07, 6.45) is 5.76. The highest BCUT2D eigenvalue weighted by Crippen LogP contribution is 2.22. The SMILES string of the molecule is CCc1ccc(C(NCC(=O)NCCCN2CCCCCC2=O)C(C)C)cc1. The number of hydrogen-bond acceptors (Lipinski definition) is 3. The summed E-state index contributed by atoms with van der Waals surface area (Å²) in [6.45, 7) is 9.01. The van der Waals surface area contributed by atoms with Crippen LogP contribution >= 0.6 is 0 Å². The van der Waals surface area contributed by atoms with Crippen molar-refractivity contribution in [3.8, 4) is 0 Å². The molecule has 5 nitrogen and oxygen atoms in total. The van der Waals surface area contributed by atoms with Gasteiger partial charge in [0.1, 0.15) is 0 Å². The monoisotopic (exact) mass is 387 g/mol. The van der Waals surface area contributed by atoms with Gasteiger partial charge in [-0.15, -0.1) is 0 Å². The molecule has 1 unspecified atom stereocenters. The van der Waals surface area contributed by atoms with Gasteiger partial charge in [0.15, 0.2) is 0 Å². The highest BCUT2D eigenvalue weighted by atomic mass is 16.2. The lowest BCUT2D eigenvalue weighted by Crippen LogP contribution is -2.39. The van der Waals surface area contributed by atoms with Crippen molar-refractivity contribution >= 4 is 11.8 Å². The minimum absolute atomic E-state index is 0.0121. The Hall–Kier alpha value is -1.88. The second-order valence-corrected chi connectivity index (χ2v) is 8.09. The molecule has 5 heteroatoms. The smallest absolute Gasteiger partial charge is 0.233 e. The molecule has 0 aromatic heterocycles. The van der Waals surface area contributed by atoms with E-state index in [-0.39, 0.29) is 17.9 Å². The Bertz CT molecular complexity index is 613. The van der Waals surface area contributed by atoms with Gasteiger partial charge in [-0.25, -0.2) is 0 Å². The molecule has 0 saturated carbocycles. The molecule has 2 amide bonds. The maximum atomic E-state index is 12.2. The summed E-state index contributed by atoms with van der Waals surface area (Å²) < 4.78 is 0. The standard InChI is InChI=1S/C23H37N3O2/c1-4-19-10-12-20(13-11-19)23(18(2)3)25-17-21(27)24-14-8-16-26-15-7-5-6-9-22(26)28/h10-13,18,23,25H,4-9,14-17H2,1-3H3,(H,24,27). The van der Waals surface area contributed by atoms with Crippen molar-refractivity contribution in [3.63, 3.8) is 0 Å². The molecule has 156 valence electrons. The quantitative estimate of drug-likeness (QED) is 0.605. The molecule has 1 heterocycles. The Labute approximate surface area is 170 Å². The van der Waals surface area contributed by atoms with Crippen LogP contribution in [0.3, 0.4) is 0 Å². The zero-order valence-corrected chi connectivity index (χ0v) is 17.8. The van der Waals surface area contributed by atoms with Crippen LogP contribution in [0.1, 0.15) is 70.0 Å². The summed E-state index contributed by atoms with van der Waals surface area (Å²) in [6, 6.07) is 8.80. The van der Waals surface area contributed by atoms with E-state index in [9.17, 15) is 9.59 Å². The third-order valence-corrected chi connectivity index (χ3v) is 5.49. The average Bonchev–Trinajstić information content (AvgIpc) is 2.89. The minimum Gasteiger partial charge on any atom is -0.355 e. The van der Waals surface area contributed by atoms with Crippen LogP contribution in [0.2, 0.25) is 0 Å². The van der Waals surface area contributed by atoms with E-state index >= 15 is 0 Å². The van der Waals surface area contributed by atoms with Gasteiger partial charge in [-0.1, -0.05) is 51.5 Å². The van der Waals surface area contributed by atoms with Crippen molar-refractivity contribution in [2.75, 3.05) is 26.2 Å². The molecule has 0 bridgehead atoms. The zero-order valence-electron chi connectivity index (χ0n) is 17.8. The van der Waals surface area contributed by atoms with Crippen molar-refractivity contribution < 1.29 is 9.59 Å². The second kappa shape index (κ2) is 11.8. The third-order valence-electron chi connectivity index (χ3n) is 5.49. The van der Waals surface area contributed by atoms with Gasteiger partial charge in [0.25, 0.3) is 0 Å². The molecule has 0 spiro atoms. The molecule has 2 N–H and O–H groups in total. The van der Waals surface area contributed by atoms with E-state index < -0.39 is 0 Å². The maximum absolute atomic E-state index is 12.2. The van der Waals surface area contributed by atoms with Gasteiger partial charge in [0.2, 0.25) is 11.8 Å². The van der Waals surface area contributed by atoms with Gasteiger partial charge in [0, 0.05) is 32.1 Å². The lowest BCUT2D eigenvalue weighted by Gasteiger charge is -2.23. The first-order valence-corrected chi connectivity index (χ1v) is 10.9. The van der Waals surface area contributed by atoms with E-state index in [1.807, 2.05) is 4.90 Å². The van der Waals surface area contributed by atoms with E-state index in [0.29, 0.717) is 25.4 Å². The first-order chi connectivity index (χ1) is 13.5. The van der Waals surface area contributed by atoms with Crippen LogP contribution in [0.5, 0.6) is 0 Å². The van der Waals surface area contributed by atoms with Crippen LogP contribution in [-0.4, -0.2) is 42.9 Å². The van der Waals surface area contributed by atoms with Crippen LogP contribution in [-0.2, 0) is 16.0 Å². The molecule has 1 fully saturated rings. The van der Waals surface area contributed by atoms with Crippen LogP contribution in [0.25, 0.3) is 0 Å². The van der Waals surface area contributed by atoms with Crippen LogP contribution in [0.15, 0.2) is 24.3 Å². The zero-order chi connectivity index (χ0) is 20.4. The molecule has 1 aliphatic rings. The number of hydrogen-bond donors (Lipinski definition) is 2. The summed E-state index contributed by atoms with van der Waals surface area (Å²) in [5, 5.41) is 6.38. The van der Waals surface area contributed by atoms with Gasteiger partial charge in [0.05, 0.1) is 6.54 Å². The molecule has 0 aliphatic carbocycles. The summed E-state index contributed by atoms with van der Waals surface area (Å²) in [5.41, 5.74) is 2.55. The average molecular weight is 388 g/mol. The van der Waals surface area contributed by atoms with E-state index in [1.165, 1.54) is 11.1 Å². The topological polar surface area (TPSA) is 61.4 Å². The molecular weight excluding hydrogens is 350 g/mol. The van der Waals surface area contributed by atoms with Crippen LogP contribution in [0, 0.1) is 5.92 Å². The highest BCUT2D eigenvalue weighted by molar-refractivity contribution is 5.78. The first kappa shape index (κ1) is 22.4. The number of nitrogens with zero attached hydrogens (tertiary/aromatic N) is 1. The summed E-state index contributed by atoms with van der Waals surface area (Å²) in [4.78, 5) is 26.2. The Balaban J connectivity index is 1.71. The molecule has 1 atom stereocenters. The first-order valence-electron chi connectivity index (χ1n) is 10.9. The third kappa shape index (κ3) is 7.27. The number of rotatable bonds is 10. The van der Waals surface area contributed by atoms with Crippen LogP contribution in [0.4, 0.5) is 0 Å². The van der Waals surface area contributed by atoms with Gasteiger partial charge < -0.3 is 15.5 Å². The minimum atomic E-state index is 0.0121. The molecule has 1 saturated heterocycles. The fourth-order valence-electron chi connectivity index (χ4n) is 3.74. The molecule has 1 aromatic carbocycles. The number of benzene rings is 1. The Kier molecular flexibility index (Phi) is 9.48. The fraction of sp³-hybridized carbons (Fsp3) is 0.652. The largest absolute Gasteiger partial charge is 0.355 e. The lowest BCUT2D eigenvalue weighted by atomic mass is 9.95. The van der Waals surface area contributed by atoms with Gasteiger partial charge in [-0.2, -0.15) is 0 Å². The van der Waals surface area contributed by atoms with Gasteiger partial charge in [-0.3, -0.25) is 9.59 Å². The molecule has 1 aliphatic heterocycles. The number of amides is 2. The normalized spacial score (nSPS) is 16.1. The number of likely N-dealkylation sites (tertiary alicyclic amines) is 1. The van der Waals surface area contributed by atoms with E-state index in [4.69, 9.17) is 0 Å². The molecular formula is C23H37N3O2. The van der Waals surface area contributed by atoms with Crippen molar-refractivity contribution in [2.24, 2.45) is 5.92 Å². The van der Waals surface area contributed by atoms with Gasteiger partial charge >= 0.3 is 0 Å². The van der Waals surface area contributed by atoms with Gasteiger partial charge in [-0.05, 0) is 42.7 Å². The Morgan fingerprint density at radius 1 is 1.14 bits per heavy atom. The van der Waals surface area contributed by atoms with Crippen molar-refractivity contribution in [2.45, 2.75) is 65.3 Å². The summed E-state index contributed by atoms with van der Waals surface area (Å²) in [7, 11) is 0. The van der Waals surface area contributed by atoms with Crippen molar-refractivity contribution in [3.05, 3.63) is 35.4 Å². The molecule has 0 radical (unpaired) electrons. The Morgan fingerprint density at radius 3 is 2.57 bits per heavy atom. The van der Waals surface area contributed by atoms with Crippen molar-refractivity contribution in [1.29, 1.82) is 0 Å². The Morgan fingerprint density at radius 2 is 1.89 bits per heavy atom. The van der Waals surface area contributed by atoms with Crippen LogP contribution < -0.4 is 10.6 Å². The van der Waals surface area contributed by atoms with E-state index in [0.717, 1.165) is 45.2 Å². The summed E-state index contributed by atoms with van der Waals surface area (Å²) >= 11 is 0.